The van der Waals surface area contributed by atoms with Gasteiger partial charge in [-0.15, -0.1) is 11.8 Å². The van der Waals surface area contributed by atoms with Crippen molar-refractivity contribution in [2.24, 2.45) is 0 Å². The highest BCUT2D eigenvalue weighted by molar-refractivity contribution is 7.98. The Morgan fingerprint density at radius 2 is 1.66 bits per heavy atom. The number of para-hydroxylation sites is 1. The van der Waals surface area contributed by atoms with E-state index in [0.29, 0.717) is 27.6 Å². The van der Waals surface area contributed by atoms with E-state index in [1.54, 1.807) is 30.5 Å². The number of carbonyl (C=O) groups excluding carboxylic acids is 2. The lowest BCUT2D eigenvalue weighted by molar-refractivity contribution is 0.0844. The zero-order valence-electron chi connectivity index (χ0n) is 17.5. The topological polar surface area (TPSA) is 102 Å². The van der Waals surface area contributed by atoms with Gasteiger partial charge in [0.25, 0.3) is 11.8 Å². The van der Waals surface area contributed by atoms with E-state index in [2.05, 4.69) is 21.0 Å². The molecule has 0 fully saturated rings. The Morgan fingerprint density at radius 1 is 0.969 bits per heavy atom. The molecule has 0 aliphatic rings. The molecule has 1 aromatic carbocycles. The van der Waals surface area contributed by atoms with E-state index < -0.39 is 11.8 Å². The van der Waals surface area contributed by atoms with Gasteiger partial charge in [-0.3, -0.25) is 20.4 Å². The molecule has 3 aromatic heterocycles. The second-order valence-electron chi connectivity index (χ2n) is 6.96. The zero-order valence-corrected chi connectivity index (χ0v) is 18.3. The Hall–Kier alpha value is -3.85. The van der Waals surface area contributed by atoms with Crippen LogP contribution in [0, 0.1) is 13.8 Å². The quantitative estimate of drug-likeness (QED) is 0.344. The molecule has 2 amide bonds. The Bertz CT molecular complexity index is 1230. The van der Waals surface area contributed by atoms with Crippen LogP contribution in [0.2, 0.25) is 0 Å². The molecule has 0 spiro atoms. The minimum absolute atomic E-state index is 0.364. The summed E-state index contributed by atoms with van der Waals surface area (Å²) in [4.78, 5) is 29.9. The molecule has 2 N–H and O–H groups in total. The van der Waals surface area contributed by atoms with E-state index in [-0.39, 0.29) is 0 Å². The smallest absolute Gasteiger partial charge is 0.272 e. The summed E-state index contributed by atoms with van der Waals surface area (Å²) in [5.74, 6) is 0.433. The van der Waals surface area contributed by atoms with Crippen molar-refractivity contribution < 1.29 is 14.1 Å². The molecule has 0 bridgehead atoms. The summed E-state index contributed by atoms with van der Waals surface area (Å²) in [6.07, 6.45) is 5.32. The van der Waals surface area contributed by atoms with E-state index in [1.807, 2.05) is 55.1 Å². The van der Waals surface area contributed by atoms with Crippen molar-refractivity contribution in [1.82, 2.24) is 25.6 Å². The SMILES string of the molecule is Cc1noc(C)c1CSc1ncccc1C(=O)NNC(=O)c1ccccc1-n1cccc1. The van der Waals surface area contributed by atoms with Crippen LogP contribution in [0.5, 0.6) is 0 Å². The first-order valence-electron chi connectivity index (χ1n) is 9.87. The van der Waals surface area contributed by atoms with Crippen LogP contribution in [-0.4, -0.2) is 26.5 Å². The van der Waals surface area contributed by atoms with Crippen molar-refractivity contribution in [1.29, 1.82) is 0 Å². The lowest BCUT2D eigenvalue weighted by atomic mass is 10.1. The molecule has 9 heteroatoms. The van der Waals surface area contributed by atoms with Crippen LogP contribution in [0.1, 0.15) is 37.7 Å². The molecule has 3 heterocycles. The van der Waals surface area contributed by atoms with Gasteiger partial charge in [0.15, 0.2) is 0 Å². The van der Waals surface area contributed by atoms with E-state index in [9.17, 15) is 9.59 Å². The summed E-state index contributed by atoms with van der Waals surface area (Å²) >= 11 is 1.40. The molecular weight excluding hydrogens is 426 g/mol. The zero-order chi connectivity index (χ0) is 22.5. The molecule has 0 saturated carbocycles. The second-order valence-corrected chi connectivity index (χ2v) is 7.93. The molecule has 0 aliphatic heterocycles. The fourth-order valence-electron chi connectivity index (χ4n) is 3.16. The standard InChI is InChI=1S/C23H21N5O3S/c1-15-19(16(2)31-27-15)14-32-23-18(9-7-11-24-23)22(30)26-25-21(29)17-8-3-4-10-20(17)28-12-5-6-13-28/h3-13H,14H2,1-2H3,(H,25,29)(H,26,30). The van der Waals surface area contributed by atoms with E-state index in [1.165, 1.54) is 11.8 Å². The number of nitrogens with zero attached hydrogens (tertiary/aromatic N) is 3. The van der Waals surface area contributed by atoms with Gasteiger partial charge in [0.05, 0.1) is 22.5 Å². The number of carbonyl (C=O) groups is 2. The summed E-state index contributed by atoms with van der Waals surface area (Å²) < 4.78 is 7.03. The largest absolute Gasteiger partial charge is 0.361 e. The van der Waals surface area contributed by atoms with Crippen LogP contribution in [0.25, 0.3) is 5.69 Å². The number of rotatable bonds is 6. The fraction of sp³-hybridized carbons (Fsp3) is 0.130. The third-order valence-electron chi connectivity index (χ3n) is 4.87. The van der Waals surface area contributed by atoms with Crippen LogP contribution in [-0.2, 0) is 5.75 Å². The lowest BCUT2D eigenvalue weighted by Gasteiger charge is -2.13. The van der Waals surface area contributed by atoms with Crippen molar-refractivity contribution in [3.05, 3.63) is 95.3 Å². The number of hydrogen-bond acceptors (Lipinski definition) is 6. The van der Waals surface area contributed by atoms with Gasteiger partial charge < -0.3 is 9.09 Å². The maximum atomic E-state index is 12.8. The van der Waals surface area contributed by atoms with Crippen LogP contribution in [0.3, 0.4) is 0 Å². The third kappa shape index (κ3) is 4.57. The Kier molecular flexibility index (Phi) is 6.37. The second kappa shape index (κ2) is 9.52. The Labute approximate surface area is 189 Å². The molecule has 0 aliphatic carbocycles. The number of nitrogens with one attached hydrogen (secondary N) is 2. The van der Waals surface area contributed by atoms with E-state index >= 15 is 0 Å². The van der Waals surface area contributed by atoms with Gasteiger partial charge in [-0.05, 0) is 50.2 Å². The van der Waals surface area contributed by atoms with Gasteiger partial charge in [-0.25, -0.2) is 4.98 Å². The van der Waals surface area contributed by atoms with Crippen molar-refractivity contribution in [3.63, 3.8) is 0 Å². The van der Waals surface area contributed by atoms with Crippen molar-refractivity contribution >= 4 is 23.6 Å². The van der Waals surface area contributed by atoms with E-state index in [4.69, 9.17) is 4.52 Å². The molecule has 0 unspecified atom stereocenters. The predicted molar refractivity (Wildman–Crippen MR) is 120 cm³/mol. The van der Waals surface area contributed by atoms with Gasteiger partial charge in [0, 0.05) is 29.9 Å². The number of amides is 2. The molecule has 4 aromatic rings. The number of benzene rings is 1. The van der Waals surface area contributed by atoms with Crippen LogP contribution >= 0.6 is 11.8 Å². The number of aryl methyl sites for hydroxylation is 2. The van der Waals surface area contributed by atoms with Crippen molar-refractivity contribution in [3.8, 4) is 5.69 Å². The average Bonchev–Trinajstić information content (AvgIpc) is 3.46. The normalized spacial score (nSPS) is 10.7. The first-order chi connectivity index (χ1) is 15.5. The highest BCUT2D eigenvalue weighted by Gasteiger charge is 2.17. The summed E-state index contributed by atoms with van der Waals surface area (Å²) in [5, 5.41) is 4.50. The van der Waals surface area contributed by atoms with Crippen LogP contribution in [0.15, 0.2) is 76.7 Å². The Morgan fingerprint density at radius 3 is 2.38 bits per heavy atom. The van der Waals surface area contributed by atoms with Gasteiger partial charge in [0.2, 0.25) is 0 Å². The van der Waals surface area contributed by atoms with Gasteiger partial charge >= 0.3 is 0 Å². The highest BCUT2D eigenvalue weighted by Crippen LogP contribution is 2.27. The monoisotopic (exact) mass is 447 g/mol. The maximum absolute atomic E-state index is 12.8. The lowest BCUT2D eigenvalue weighted by Crippen LogP contribution is -2.42. The molecule has 4 rings (SSSR count). The average molecular weight is 448 g/mol. The number of pyridine rings is 1. The van der Waals surface area contributed by atoms with Crippen LogP contribution in [0.4, 0.5) is 0 Å². The summed E-state index contributed by atoms with van der Waals surface area (Å²) in [5.41, 5.74) is 8.29. The van der Waals surface area contributed by atoms with Crippen molar-refractivity contribution in [2.75, 3.05) is 0 Å². The summed E-state index contributed by atoms with van der Waals surface area (Å²) in [7, 11) is 0. The van der Waals surface area contributed by atoms with Crippen molar-refractivity contribution in [2.45, 2.75) is 24.6 Å². The molecule has 32 heavy (non-hydrogen) atoms. The fourth-order valence-corrected chi connectivity index (χ4v) is 4.31. The maximum Gasteiger partial charge on any atom is 0.272 e. The molecular formula is C23H21N5O3S. The first kappa shape index (κ1) is 21.4. The van der Waals surface area contributed by atoms with Crippen LogP contribution < -0.4 is 10.9 Å². The molecule has 0 radical (unpaired) electrons. The number of hydrogen-bond donors (Lipinski definition) is 2. The summed E-state index contributed by atoms with van der Waals surface area (Å²) in [6, 6.07) is 14.3. The molecule has 0 atom stereocenters. The minimum atomic E-state index is -0.453. The summed E-state index contributed by atoms with van der Waals surface area (Å²) in [6.45, 7) is 3.72. The predicted octanol–water partition coefficient (Wildman–Crippen LogP) is 3.84. The molecule has 162 valence electrons. The number of thioether (sulfide) groups is 1. The Balaban J connectivity index is 1.45. The molecule has 0 saturated heterocycles. The van der Waals surface area contributed by atoms with E-state index in [0.717, 1.165) is 17.0 Å². The molecule has 8 nitrogen and oxygen atoms in total. The first-order valence-corrected chi connectivity index (χ1v) is 10.9. The minimum Gasteiger partial charge on any atom is -0.361 e. The number of hydrazine groups is 1. The van der Waals surface area contributed by atoms with Gasteiger partial charge in [0.1, 0.15) is 10.8 Å². The van der Waals surface area contributed by atoms with Gasteiger partial charge in [-0.1, -0.05) is 17.3 Å². The highest BCUT2D eigenvalue weighted by atomic mass is 32.2. The van der Waals surface area contributed by atoms with Gasteiger partial charge in [-0.2, -0.15) is 0 Å². The third-order valence-corrected chi connectivity index (χ3v) is 5.90. The number of aromatic nitrogens is 3.